The standard InChI is InChI=1S/2C24H40O4.Ca/c2*1-14(4-7-21(27)28)17-5-6-18-22-19(9-11-24(17,18)3)23(2)10-8-16(25)12-15(23)13-20(22)26;/h2*14-20,22,25-26H,4-13H2,1-3H3,(H,27,28);/q;;+2/p-2/t2*14-,15+,16-,17-,18+,19+,20+,22+,23+,24-;/m11./s1. The fourth-order valence-electron chi connectivity index (χ4n) is 17.4. The van der Waals surface area contributed by atoms with Crippen LogP contribution in [0.15, 0.2) is 0 Å². The Morgan fingerprint density at radius 3 is 1.21 bits per heavy atom. The van der Waals surface area contributed by atoms with E-state index >= 15 is 0 Å². The summed E-state index contributed by atoms with van der Waals surface area (Å²) in [6.07, 6.45) is 17.8. The number of fused-ring (bicyclic) bond motifs is 10. The predicted octanol–water partition coefficient (Wildman–Crippen LogP) is 5.91. The van der Waals surface area contributed by atoms with Crippen LogP contribution in [0.5, 0.6) is 0 Å². The molecule has 0 spiro atoms. The second kappa shape index (κ2) is 17.7. The van der Waals surface area contributed by atoms with Crippen molar-refractivity contribution in [3.63, 3.8) is 0 Å². The summed E-state index contributed by atoms with van der Waals surface area (Å²) < 4.78 is 0. The van der Waals surface area contributed by atoms with Crippen molar-refractivity contribution in [1.29, 1.82) is 0 Å². The van der Waals surface area contributed by atoms with Crippen LogP contribution in [0.4, 0.5) is 0 Å². The molecule has 8 fully saturated rings. The van der Waals surface area contributed by atoms with Crippen molar-refractivity contribution >= 4 is 49.7 Å². The first-order valence-electron chi connectivity index (χ1n) is 23.4. The van der Waals surface area contributed by atoms with Gasteiger partial charge >= 0.3 is 37.7 Å². The molecule has 0 radical (unpaired) electrons. The molecule has 8 nitrogen and oxygen atoms in total. The average Bonchev–Trinajstić information content (AvgIpc) is 3.68. The second-order valence-electron chi connectivity index (χ2n) is 22.7. The Kier molecular flexibility index (Phi) is 14.4. The maximum Gasteiger partial charge on any atom is 2.00 e. The van der Waals surface area contributed by atoms with Gasteiger partial charge in [0.2, 0.25) is 0 Å². The summed E-state index contributed by atoms with van der Waals surface area (Å²) in [7, 11) is 0. The molecule has 57 heavy (non-hydrogen) atoms. The number of aliphatic carboxylic acids is 2. The molecule has 0 saturated heterocycles. The fourth-order valence-corrected chi connectivity index (χ4v) is 17.4. The van der Waals surface area contributed by atoms with E-state index in [-0.39, 0.29) is 96.7 Å². The van der Waals surface area contributed by atoms with Crippen LogP contribution in [0.25, 0.3) is 0 Å². The normalized spacial score (nSPS) is 50.8. The Morgan fingerprint density at radius 2 is 0.860 bits per heavy atom. The first-order valence-corrected chi connectivity index (χ1v) is 23.4. The molecule has 0 heterocycles. The number of hydrogen-bond acceptors (Lipinski definition) is 8. The van der Waals surface area contributed by atoms with Gasteiger partial charge in [0.1, 0.15) is 0 Å². The van der Waals surface area contributed by atoms with Gasteiger partial charge in [0.25, 0.3) is 0 Å². The third kappa shape index (κ3) is 8.34. The summed E-state index contributed by atoms with van der Waals surface area (Å²) in [5, 5.41) is 64.7. The maximum atomic E-state index is 11.2. The molecule has 9 heteroatoms. The molecule has 0 aromatic carbocycles. The van der Waals surface area contributed by atoms with Crippen molar-refractivity contribution in [2.24, 2.45) is 92.7 Å². The van der Waals surface area contributed by atoms with Crippen molar-refractivity contribution in [1.82, 2.24) is 0 Å². The van der Waals surface area contributed by atoms with Crippen molar-refractivity contribution in [2.45, 2.75) is 194 Å². The minimum absolute atomic E-state index is 0. The summed E-state index contributed by atoms with van der Waals surface area (Å²) >= 11 is 0. The number of rotatable bonds is 8. The molecule has 20 atom stereocenters. The van der Waals surface area contributed by atoms with E-state index in [0.717, 1.165) is 51.4 Å². The van der Waals surface area contributed by atoms with Gasteiger partial charge in [-0.2, -0.15) is 0 Å². The number of carbonyl (C=O) groups excluding carboxylic acids is 2. The molecule has 0 aromatic rings. The van der Waals surface area contributed by atoms with Gasteiger partial charge in [-0.25, -0.2) is 0 Å². The van der Waals surface area contributed by atoms with Crippen LogP contribution in [-0.4, -0.2) is 94.5 Å². The minimum atomic E-state index is -0.934. The SMILES string of the molecule is C[C@H](CCC(=O)[O-])[C@H]1CC[C@H]2[C@@H]3[C@@H](O)C[C@@H]4C[C@H](O)CC[C@]4(C)[C@H]3CC[C@]12C.C[C@H](CCC(=O)[O-])[C@H]1CC[C@H]2[C@@H]3[C@@H](O)C[C@@H]4C[C@H](O)CC[C@]4(C)[C@H]3CC[C@]12C.[Ca+2]. The third-order valence-corrected chi connectivity index (χ3v) is 20.4. The van der Waals surface area contributed by atoms with E-state index in [1.807, 2.05) is 0 Å². The van der Waals surface area contributed by atoms with E-state index in [4.69, 9.17) is 0 Å². The molecular formula is C48H78CaO8. The molecule has 8 aliphatic carbocycles. The molecule has 8 rings (SSSR count). The van der Waals surface area contributed by atoms with Gasteiger partial charge in [-0.15, -0.1) is 0 Å². The van der Waals surface area contributed by atoms with E-state index < -0.39 is 11.9 Å². The number of carboxylic acids is 2. The number of carboxylic acid groups (broad SMARTS) is 2. The monoisotopic (exact) mass is 823 g/mol. The zero-order valence-electron chi connectivity index (χ0n) is 36.5. The number of aliphatic hydroxyl groups excluding tert-OH is 4. The van der Waals surface area contributed by atoms with E-state index in [9.17, 15) is 40.2 Å². The Labute approximate surface area is 374 Å². The van der Waals surface area contributed by atoms with Gasteiger partial charge in [-0.3, -0.25) is 0 Å². The predicted molar refractivity (Wildman–Crippen MR) is 218 cm³/mol. The van der Waals surface area contributed by atoms with Crippen molar-refractivity contribution in [3.8, 4) is 0 Å². The smallest absolute Gasteiger partial charge is 0.550 e. The van der Waals surface area contributed by atoms with Gasteiger partial charge in [0.15, 0.2) is 0 Å². The average molecular weight is 823 g/mol. The van der Waals surface area contributed by atoms with Crippen LogP contribution in [0.2, 0.25) is 0 Å². The van der Waals surface area contributed by atoms with Crippen LogP contribution >= 0.6 is 0 Å². The van der Waals surface area contributed by atoms with E-state index in [2.05, 4.69) is 41.5 Å². The zero-order valence-corrected chi connectivity index (χ0v) is 38.7. The minimum Gasteiger partial charge on any atom is -0.550 e. The fraction of sp³-hybridized carbons (Fsp3) is 0.958. The summed E-state index contributed by atoms with van der Waals surface area (Å²) in [5.41, 5.74) is 0.988. The van der Waals surface area contributed by atoms with E-state index in [1.54, 1.807) is 0 Å². The molecular weight excluding hydrogens is 745 g/mol. The first kappa shape index (κ1) is 46.5. The quantitative estimate of drug-likeness (QED) is 0.220. The largest absolute Gasteiger partial charge is 2.00 e. The third-order valence-electron chi connectivity index (χ3n) is 20.4. The van der Waals surface area contributed by atoms with Crippen LogP contribution in [-0.2, 0) is 9.59 Å². The second-order valence-corrected chi connectivity index (χ2v) is 22.7. The van der Waals surface area contributed by atoms with Crippen molar-refractivity contribution < 1.29 is 40.2 Å². The van der Waals surface area contributed by atoms with Crippen LogP contribution < -0.4 is 10.2 Å². The summed E-state index contributed by atoms with van der Waals surface area (Å²) in [6.45, 7) is 14.2. The Balaban J connectivity index is 0.000000189. The van der Waals surface area contributed by atoms with Crippen LogP contribution in [0, 0.1) is 92.7 Å². The Bertz CT molecular complexity index is 1320. The van der Waals surface area contributed by atoms with E-state index in [0.29, 0.717) is 83.9 Å². The number of carbonyl (C=O) groups is 2. The van der Waals surface area contributed by atoms with Crippen molar-refractivity contribution in [2.75, 3.05) is 0 Å². The molecule has 0 aliphatic heterocycles. The number of hydrogen-bond donors (Lipinski definition) is 4. The Hall–Kier alpha value is 0.0397. The Morgan fingerprint density at radius 1 is 0.526 bits per heavy atom. The summed E-state index contributed by atoms with van der Waals surface area (Å²) in [5.74, 6) is 3.99. The van der Waals surface area contributed by atoms with Gasteiger partial charge < -0.3 is 40.2 Å². The molecule has 4 N–H and O–H groups in total. The van der Waals surface area contributed by atoms with Gasteiger partial charge in [-0.1, -0.05) is 41.5 Å². The first-order chi connectivity index (χ1) is 26.3. The molecule has 8 aliphatic rings. The maximum absolute atomic E-state index is 11.2. The number of aliphatic hydroxyl groups is 4. The summed E-state index contributed by atoms with van der Waals surface area (Å²) in [4.78, 5) is 21.9. The molecule has 320 valence electrons. The topological polar surface area (TPSA) is 161 Å². The molecule has 0 amide bonds. The van der Waals surface area contributed by atoms with Crippen LogP contribution in [0.3, 0.4) is 0 Å². The summed E-state index contributed by atoms with van der Waals surface area (Å²) in [6, 6.07) is 0. The molecule has 0 bridgehead atoms. The van der Waals surface area contributed by atoms with Gasteiger partial charge in [0.05, 0.1) is 24.4 Å². The van der Waals surface area contributed by atoms with Crippen LogP contribution in [0.1, 0.15) is 170 Å². The van der Waals surface area contributed by atoms with Gasteiger partial charge in [-0.05, 0) is 221 Å². The van der Waals surface area contributed by atoms with Gasteiger partial charge in [0, 0.05) is 11.9 Å². The van der Waals surface area contributed by atoms with Crippen molar-refractivity contribution in [3.05, 3.63) is 0 Å². The molecule has 0 aromatic heterocycles. The molecule has 8 saturated carbocycles. The van der Waals surface area contributed by atoms with E-state index in [1.165, 1.54) is 51.4 Å². The zero-order chi connectivity index (χ0) is 40.5. The molecule has 0 unspecified atom stereocenters.